The number of likely N-dealkylation sites (N-methyl/N-ethyl adjacent to an activating group) is 1. The molecular formula is C27H41B8N3O6. The molecule has 2 amide bonds. The molecule has 1 saturated heterocycles. The van der Waals surface area contributed by atoms with Crippen LogP contribution in [0.4, 0.5) is 0 Å². The zero-order valence-corrected chi connectivity index (χ0v) is 27.7. The monoisotopic (exact) mass is 591 g/mol. The maximum absolute atomic E-state index is 13.2. The lowest BCUT2D eigenvalue weighted by molar-refractivity contribution is -0.192. The van der Waals surface area contributed by atoms with E-state index in [2.05, 4.69) is 36.7 Å². The van der Waals surface area contributed by atoms with Crippen LogP contribution in [0.2, 0.25) is 10.4 Å². The molecule has 2 aromatic rings. The summed E-state index contributed by atoms with van der Waals surface area (Å²) in [6.45, 7) is 0.942. The molecule has 4 rings (SSSR count). The molecular weight excluding hydrogens is 549 g/mol. The minimum Gasteiger partial charge on any atom is -0.489 e. The number of carbonyl (C=O) groups excluding carboxylic acids is 3. The van der Waals surface area contributed by atoms with E-state index in [1.54, 1.807) is 27.8 Å². The molecule has 2 heterocycles. The highest BCUT2D eigenvalue weighted by Crippen LogP contribution is 2.62. The molecule has 9 nitrogen and oxygen atoms in total. The lowest BCUT2D eigenvalue weighted by Gasteiger charge is -2.74. The van der Waals surface area contributed by atoms with Crippen LogP contribution in [0.5, 0.6) is 5.75 Å². The SMILES string of the molecule is BC1(B)N(Cc2ccc(COc3cccc4c3CN(C(CCC=O)C(=O)NC)C4=O)cc2)C(B)(O)C(B)(O)C(B)(B)C1(B)B. The summed E-state index contributed by atoms with van der Waals surface area (Å²) in [7, 11) is 17.6. The van der Waals surface area contributed by atoms with Crippen LogP contribution >= 0.6 is 0 Å². The van der Waals surface area contributed by atoms with Crippen molar-refractivity contribution in [3.05, 3.63) is 64.7 Å². The fraction of sp³-hybridized carbons (Fsp3) is 0.444. The van der Waals surface area contributed by atoms with Gasteiger partial charge in [0.1, 0.15) is 63.9 Å². The Morgan fingerprint density at radius 3 is 2.20 bits per heavy atom. The molecule has 3 unspecified atom stereocenters. The van der Waals surface area contributed by atoms with Gasteiger partial charge in [-0.2, -0.15) is 0 Å². The molecule has 224 valence electrons. The fourth-order valence-electron chi connectivity index (χ4n) is 7.08. The van der Waals surface area contributed by atoms with Gasteiger partial charge in [0.2, 0.25) is 5.91 Å². The predicted octanol–water partition coefficient (Wildman–Crippen LogP) is -6.58. The van der Waals surface area contributed by atoms with Crippen LogP contribution in [0.15, 0.2) is 42.5 Å². The van der Waals surface area contributed by atoms with Gasteiger partial charge < -0.3 is 30.0 Å². The minimum absolute atomic E-state index is 0.180. The maximum Gasteiger partial charge on any atom is 0.255 e. The zero-order valence-electron chi connectivity index (χ0n) is 27.7. The van der Waals surface area contributed by atoms with E-state index in [1.807, 2.05) is 50.9 Å². The number of hydrogen-bond donors (Lipinski definition) is 3. The van der Waals surface area contributed by atoms with Crippen molar-refractivity contribution in [1.29, 1.82) is 0 Å². The number of likely N-dealkylation sites (tertiary alicyclic amines) is 1. The number of ether oxygens (including phenoxy) is 1. The van der Waals surface area contributed by atoms with Crippen molar-refractivity contribution >= 4 is 80.9 Å². The maximum atomic E-state index is 13.2. The van der Waals surface area contributed by atoms with E-state index < -0.39 is 27.7 Å². The quantitative estimate of drug-likeness (QED) is 0.186. The van der Waals surface area contributed by atoms with E-state index in [0.717, 1.165) is 23.0 Å². The molecule has 17 heteroatoms. The molecule has 3 atom stereocenters. The number of nitrogens with zero attached hydrogens (tertiary/aromatic N) is 2. The Kier molecular flexibility index (Phi) is 9.21. The standard InChI is InChI=1S/C27H41B8N3O6/c1-36-21(40)19(5-3-11-39)37-13-18-17(22(37)41)4-2-6-20(18)44-14-16-9-7-15(8-10-16)12-38-26(33,34)24(30,31)23(28,29)25(32,42)27(38,35)43/h2,4,6-11,19,42-43H,3,5,12-14,28-35H2,1H3,(H,36,40). The normalized spacial score (nSPS) is 26.0. The van der Waals surface area contributed by atoms with Crippen molar-refractivity contribution in [2.75, 3.05) is 7.05 Å². The summed E-state index contributed by atoms with van der Waals surface area (Å²) in [6.07, 6.45) is 1.19. The van der Waals surface area contributed by atoms with Gasteiger partial charge in [0.05, 0.1) is 33.4 Å². The van der Waals surface area contributed by atoms with E-state index in [1.165, 1.54) is 11.9 Å². The zero-order chi connectivity index (χ0) is 32.9. The van der Waals surface area contributed by atoms with Crippen LogP contribution < -0.4 is 10.1 Å². The van der Waals surface area contributed by atoms with Crippen molar-refractivity contribution in [3.63, 3.8) is 0 Å². The third-order valence-corrected chi connectivity index (χ3v) is 11.6. The third kappa shape index (κ3) is 5.28. The highest BCUT2D eigenvalue weighted by atomic mass is 16.5. The number of hydrogen-bond acceptors (Lipinski definition) is 7. The first kappa shape index (κ1) is 34.1. The van der Waals surface area contributed by atoms with E-state index in [0.29, 0.717) is 17.9 Å². The second-order valence-electron chi connectivity index (χ2n) is 14.2. The fourth-order valence-corrected chi connectivity index (χ4v) is 7.08. The number of fused-ring (bicyclic) bond motifs is 1. The summed E-state index contributed by atoms with van der Waals surface area (Å²) >= 11 is 0. The second kappa shape index (κ2) is 11.9. The van der Waals surface area contributed by atoms with E-state index in [-0.39, 0.29) is 43.0 Å². The highest BCUT2D eigenvalue weighted by Gasteiger charge is 2.68. The van der Waals surface area contributed by atoms with Crippen LogP contribution in [-0.2, 0) is 29.3 Å². The topological polar surface area (TPSA) is 119 Å². The number of aldehydes is 1. The van der Waals surface area contributed by atoms with Crippen molar-refractivity contribution in [1.82, 2.24) is 15.1 Å². The van der Waals surface area contributed by atoms with Gasteiger partial charge in [-0.1, -0.05) is 40.8 Å². The van der Waals surface area contributed by atoms with Gasteiger partial charge in [-0.15, -0.1) is 0 Å². The van der Waals surface area contributed by atoms with Crippen LogP contribution in [0, 0.1) is 0 Å². The van der Waals surface area contributed by atoms with Gasteiger partial charge in [0.25, 0.3) is 5.91 Å². The molecule has 2 aliphatic heterocycles. The molecule has 3 N–H and O–H groups in total. The van der Waals surface area contributed by atoms with Gasteiger partial charge in [0.15, 0.2) is 7.85 Å². The number of benzene rings is 2. The molecule has 0 aliphatic carbocycles. The molecule has 1 fully saturated rings. The second-order valence-corrected chi connectivity index (χ2v) is 14.2. The Labute approximate surface area is 267 Å². The molecule has 44 heavy (non-hydrogen) atoms. The van der Waals surface area contributed by atoms with Crippen molar-refractivity contribution in [3.8, 4) is 5.75 Å². The Bertz CT molecular complexity index is 1410. The average Bonchev–Trinajstić information content (AvgIpc) is 3.30. The molecule has 0 aromatic heterocycles. The summed E-state index contributed by atoms with van der Waals surface area (Å²) in [6, 6.07) is 12.6. The van der Waals surface area contributed by atoms with Gasteiger partial charge >= 0.3 is 0 Å². The summed E-state index contributed by atoms with van der Waals surface area (Å²) in [5, 5.41) is 24.8. The van der Waals surface area contributed by atoms with E-state index in [9.17, 15) is 24.6 Å². The first-order valence-corrected chi connectivity index (χ1v) is 15.4. The van der Waals surface area contributed by atoms with Crippen molar-refractivity contribution in [2.45, 2.75) is 65.5 Å². The summed E-state index contributed by atoms with van der Waals surface area (Å²) in [4.78, 5) is 40.2. The van der Waals surface area contributed by atoms with Gasteiger partial charge in [-0.25, -0.2) is 0 Å². The first-order chi connectivity index (χ1) is 20.4. The highest BCUT2D eigenvalue weighted by molar-refractivity contribution is 6.64. The van der Waals surface area contributed by atoms with E-state index in [4.69, 9.17) is 4.74 Å². The van der Waals surface area contributed by atoms with Crippen LogP contribution in [0.25, 0.3) is 0 Å². The smallest absolute Gasteiger partial charge is 0.255 e. The number of nitrogens with one attached hydrogen (secondary N) is 1. The number of amides is 2. The Balaban J connectivity index is 1.50. The first-order valence-electron chi connectivity index (χ1n) is 15.4. The lowest BCUT2D eigenvalue weighted by atomic mass is 9.12. The summed E-state index contributed by atoms with van der Waals surface area (Å²) in [5.74, 6) is 0.0175. The summed E-state index contributed by atoms with van der Waals surface area (Å²) in [5.41, 5.74) is 0.276. The number of aliphatic hydroxyl groups is 2. The van der Waals surface area contributed by atoms with E-state index >= 15 is 0 Å². The van der Waals surface area contributed by atoms with Crippen LogP contribution in [0.3, 0.4) is 0 Å². The number of rotatable bonds is 10. The van der Waals surface area contributed by atoms with Crippen LogP contribution in [0.1, 0.15) is 39.9 Å². The van der Waals surface area contributed by atoms with Crippen molar-refractivity contribution in [2.24, 2.45) is 0 Å². The third-order valence-electron chi connectivity index (χ3n) is 11.6. The molecule has 2 aromatic carbocycles. The molecule has 2 aliphatic rings. The predicted molar refractivity (Wildman–Crippen MR) is 192 cm³/mol. The Morgan fingerprint density at radius 2 is 1.61 bits per heavy atom. The number of carbonyl (C=O) groups is 3. The molecule has 0 bridgehead atoms. The van der Waals surface area contributed by atoms with Gasteiger partial charge in [-0.05, 0) is 35.0 Å². The van der Waals surface area contributed by atoms with Gasteiger partial charge in [-0.3, -0.25) is 14.5 Å². The Morgan fingerprint density at radius 1 is 1.00 bits per heavy atom. The molecule has 0 saturated carbocycles. The lowest BCUT2D eigenvalue weighted by Crippen LogP contribution is -2.84. The Hall–Kier alpha value is -2.75. The largest absolute Gasteiger partial charge is 0.489 e. The molecule has 0 spiro atoms. The van der Waals surface area contributed by atoms with Crippen molar-refractivity contribution < 1.29 is 29.3 Å². The molecule has 0 radical (unpaired) electrons. The van der Waals surface area contributed by atoms with Gasteiger partial charge in [0, 0.05) is 31.1 Å². The van der Waals surface area contributed by atoms with Crippen LogP contribution in [-0.4, -0.2) is 130 Å². The average molecular weight is 590 g/mol. The summed E-state index contributed by atoms with van der Waals surface area (Å²) < 4.78 is 6.19. The number of piperidine rings is 1. The minimum atomic E-state index is -1.49.